The van der Waals surface area contributed by atoms with E-state index >= 15 is 0 Å². The van der Waals surface area contributed by atoms with Crippen molar-refractivity contribution in [2.24, 2.45) is 0 Å². The minimum atomic E-state index is -5.17. The maximum Gasteiger partial charge on any atom is 2.00 e. The molecule has 0 saturated carbocycles. The number of hydrogen-bond donors (Lipinski definition) is 0. The Morgan fingerprint density at radius 2 is 0.500 bits per heavy atom. The van der Waals surface area contributed by atoms with Crippen molar-refractivity contribution in [2.75, 3.05) is 0 Å². The van der Waals surface area contributed by atoms with Gasteiger partial charge in [-0.05, 0) is 0 Å². The molecule has 0 atom stereocenters. The first-order valence-corrected chi connectivity index (χ1v) is 6.00. The number of rotatable bonds is 0. The van der Waals surface area contributed by atoms with Crippen molar-refractivity contribution in [3.05, 3.63) is 0 Å². The molecule has 0 aromatic heterocycles. The molecule has 0 saturated heterocycles. The summed E-state index contributed by atoms with van der Waals surface area (Å²) >= 11 is 0. The largest absolute Gasteiger partial charge is 2.00 e. The minimum absolute atomic E-state index is 0. The van der Waals surface area contributed by atoms with Crippen LogP contribution in [-0.2, 0) is 50.7 Å². The third kappa shape index (κ3) is 662. The normalized spacial score (nSPS) is 9.67. The van der Waals surface area contributed by atoms with E-state index in [0.29, 0.717) is 0 Å². The van der Waals surface area contributed by atoms with E-state index in [2.05, 4.69) is 0 Å². The molecule has 0 aromatic carbocycles. The van der Waals surface area contributed by atoms with Gasteiger partial charge in [0, 0.05) is 31.2 Å². The Balaban J connectivity index is -0.0000000277. The van der Waals surface area contributed by atoms with Crippen LogP contribution >= 0.6 is 0 Å². The molecule has 0 N–H and O–H groups in total. The first-order valence-electron chi connectivity index (χ1n) is 2.00. The minimum Gasteiger partial charge on any atom is -0.759 e. The summed E-state index contributed by atoms with van der Waals surface area (Å²) in [5.74, 6) is 0. The summed E-state index contributed by atoms with van der Waals surface area (Å²) in [4.78, 5) is 0. The van der Waals surface area contributed by atoms with Gasteiger partial charge < -0.3 is 27.3 Å². The molecule has 12 nitrogen and oxygen atoms in total. The number of hydrogen-bond acceptors (Lipinski definition) is 12. The van der Waals surface area contributed by atoms with Gasteiger partial charge in [-0.1, -0.05) is 0 Å². The Morgan fingerprint density at radius 3 is 0.500 bits per heavy atom. The van der Waals surface area contributed by atoms with Crippen LogP contribution in [0.4, 0.5) is 0 Å². The van der Waals surface area contributed by atoms with E-state index in [1.165, 1.54) is 0 Å². The van der Waals surface area contributed by atoms with Crippen molar-refractivity contribution in [1.29, 1.82) is 0 Å². The zero-order valence-corrected chi connectivity index (χ0v) is 20.3. The Hall–Kier alpha value is 3.06. The molecule has 0 unspecified atom stereocenters. The molecule has 0 aliphatic rings. The van der Waals surface area contributed by atoms with Crippen LogP contribution in [0.3, 0.4) is 0 Å². The molecule has 0 heterocycles. The van der Waals surface area contributed by atoms with Crippen LogP contribution < -0.4 is 0 Å². The molecule has 96 valence electrons. The Morgan fingerprint density at radius 1 is 0.500 bits per heavy atom. The van der Waals surface area contributed by atoms with Gasteiger partial charge in [0.2, 0.25) is 0 Å². The molecule has 0 fully saturated rings. The molecule has 0 radical (unpaired) electrons. The predicted molar refractivity (Wildman–Crippen MR) is 42.9 cm³/mol. The first kappa shape index (κ1) is 37.4. The fourth-order valence-electron chi connectivity index (χ4n) is 0. The molecule has 18 heteroatoms. The van der Waals surface area contributed by atoms with Crippen molar-refractivity contribution in [3.8, 4) is 0 Å². The molecule has 0 amide bonds. The second kappa shape index (κ2) is 16.4. The van der Waals surface area contributed by atoms with Gasteiger partial charge in [-0.2, -0.15) is 0 Å². The van der Waals surface area contributed by atoms with Gasteiger partial charge in [0.05, 0.1) is 0 Å². The summed E-state index contributed by atoms with van der Waals surface area (Å²) in [6.07, 6.45) is 0. The quantitative estimate of drug-likeness (QED) is 0.163. The second-order valence-corrected chi connectivity index (χ2v) is 3.67. The van der Waals surface area contributed by atoms with Crippen molar-refractivity contribution in [2.45, 2.75) is 0 Å². The zero-order valence-electron chi connectivity index (χ0n) is 8.25. The van der Waals surface area contributed by atoms with Crippen LogP contribution in [0.5, 0.6) is 0 Å². The molecule has 0 spiro atoms. The van der Waals surface area contributed by atoms with E-state index in [1.807, 2.05) is 0 Å². The summed E-state index contributed by atoms with van der Waals surface area (Å²) in [6, 6.07) is 0. The predicted octanol–water partition coefficient (Wildman–Crippen LogP) is -4.78. The molecule has 0 aromatic rings. The summed E-state index contributed by atoms with van der Waals surface area (Å²) in [6.45, 7) is 0. The van der Waals surface area contributed by atoms with Crippen LogP contribution in [-0.4, -0.2) is 139 Å². The summed E-state index contributed by atoms with van der Waals surface area (Å²) < 4.78 is 102. The van der Waals surface area contributed by atoms with E-state index in [0.717, 1.165) is 0 Å². The van der Waals surface area contributed by atoms with E-state index in [9.17, 15) is 0 Å². The van der Waals surface area contributed by atoms with Crippen molar-refractivity contribution in [3.63, 3.8) is 0 Å². The monoisotopic (exact) mass is 530 g/mol. The fraction of sp³-hybridized carbons (Fsp3) is 0. The van der Waals surface area contributed by atoms with Gasteiger partial charge in [-0.25, -0.2) is 0 Å². The van der Waals surface area contributed by atoms with Gasteiger partial charge in [-0.3, -0.25) is 25.3 Å². The van der Waals surface area contributed by atoms with Gasteiger partial charge >= 0.3 is 106 Å². The Kier molecular flexibility index (Phi) is 34.1. The van der Waals surface area contributed by atoms with Crippen LogP contribution in [0.2, 0.25) is 0 Å². The summed E-state index contributed by atoms with van der Waals surface area (Å²) in [7, 11) is -15.5. The van der Waals surface area contributed by atoms with Gasteiger partial charge in [0.15, 0.2) is 0 Å². The second-order valence-electron chi connectivity index (χ2n) is 1.22. The topological polar surface area (TPSA) is 241 Å². The molecular weight excluding hydrogens is 531 g/mol. The SMILES string of the molecule is O=S(=O)([O-])[O-].O=S(=O)([O-])[O-].O=S(=O)([O-])[O-].[Ba+2].[Ca+2].[Zn+2]. The smallest absolute Gasteiger partial charge is 0.759 e. The average molecular weight is 531 g/mol. The molecule has 0 rings (SSSR count). The maximum atomic E-state index is 8.52. The third-order valence-electron chi connectivity index (χ3n) is 0. The van der Waals surface area contributed by atoms with Crippen molar-refractivity contribution in [1.82, 2.24) is 0 Å². The van der Waals surface area contributed by atoms with E-state index in [1.54, 1.807) is 0 Å². The third-order valence-corrected chi connectivity index (χ3v) is 0. The van der Waals surface area contributed by atoms with Gasteiger partial charge in [0.25, 0.3) is 0 Å². The van der Waals surface area contributed by atoms with Gasteiger partial charge in [0.1, 0.15) is 0 Å². The maximum absolute atomic E-state index is 8.52. The fourth-order valence-corrected chi connectivity index (χ4v) is 0. The molecule has 0 aliphatic carbocycles. The van der Waals surface area contributed by atoms with Gasteiger partial charge in [-0.15, -0.1) is 0 Å². The van der Waals surface area contributed by atoms with E-state index < -0.39 is 31.2 Å². The first-order chi connectivity index (χ1) is 6.00. The standard InChI is InChI=1S/Ba.Ca.3H2O4S.Zn/c;;3*1-5(2,3)4;/h;;3*(H2,1,2,3,4);/q2*+2;;;;+2/p-6. The molecular formula is BaCaO12S3Zn. The van der Waals surface area contributed by atoms with E-state index in [4.69, 9.17) is 52.6 Å². The molecule has 0 bridgehead atoms. The van der Waals surface area contributed by atoms with Crippen LogP contribution in [0, 0.1) is 0 Å². The Labute approximate surface area is 186 Å². The van der Waals surface area contributed by atoms with Crippen LogP contribution in [0.1, 0.15) is 0 Å². The van der Waals surface area contributed by atoms with Crippen molar-refractivity contribution >= 4 is 118 Å². The summed E-state index contributed by atoms with van der Waals surface area (Å²) in [5, 5.41) is 0. The zero-order chi connectivity index (χ0) is 13.5. The summed E-state index contributed by atoms with van der Waals surface area (Å²) in [5.41, 5.74) is 0. The Bertz CT molecular complexity index is 348. The van der Waals surface area contributed by atoms with Crippen molar-refractivity contribution < 1.29 is 72.0 Å². The average Bonchev–Trinajstić information content (AvgIpc) is 1.41. The van der Waals surface area contributed by atoms with E-state index in [-0.39, 0.29) is 106 Å². The van der Waals surface area contributed by atoms with Crippen LogP contribution in [0.25, 0.3) is 0 Å². The van der Waals surface area contributed by atoms with Crippen LogP contribution in [0.15, 0.2) is 0 Å². The molecule has 18 heavy (non-hydrogen) atoms. The molecule has 0 aliphatic heterocycles.